The molecule has 1 aliphatic carbocycles. The van der Waals surface area contributed by atoms with E-state index in [0.717, 1.165) is 12.8 Å². The lowest BCUT2D eigenvalue weighted by molar-refractivity contribution is -0.139. The Kier molecular flexibility index (Phi) is 3.94. The predicted octanol–water partition coefficient (Wildman–Crippen LogP) is 0.468. The molecule has 1 aliphatic rings. The molecule has 0 aliphatic heterocycles. The Hall–Kier alpha value is -2.18. The Morgan fingerprint density at radius 3 is 2.68 bits per heavy atom. The smallest absolute Gasteiger partial charge is 0.326 e. The Morgan fingerprint density at radius 1 is 1.47 bits per heavy atom. The van der Waals surface area contributed by atoms with Crippen molar-refractivity contribution in [3.05, 3.63) is 17.8 Å². The normalized spacial score (nSPS) is 15.6. The maximum Gasteiger partial charge on any atom is 0.326 e. The van der Waals surface area contributed by atoms with Crippen LogP contribution in [0.2, 0.25) is 0 Å². The molecule has 1 aromatic rings. The summed E-state index contributed by atoms with van der Waals surface area (Å²) in [6.07, 6.45) is 2.52. The minimum absolute atomic E-state index is 0.0721. The van der Waals surface area contributed by atoms with E-state index in [1.165, 1.54) is 19.2 Å². The Balaban J connectivity index is 1.98. The van der Waals surface area contributed by atoms with Crippen molar-refractivity contribution < 1.29 is 19.4 Å². The van der Waals surface area contributed by atoms with Gasteiger partial charge in [0.2, 0.25) is 5.88 Å². The van der Waals surface area contributed by atoms with Crippen LogP contribution in [0.15, 0.2) is 12.1 Å². The summed E-state index contributed by atoms with van der Waals surface area (Å²) in [7, 11) is 1.44. The summed E-state index contributed by atoms with van der Waals surface area (Å²) >= 11 is 0. The lowest BCUT2D eigenvalue weighted by Gasteiger charge is -2.13. The van der Waals surface area contributed by atoms with E-state index in [0.29, 0.717) is 18.2 Å². The minimum Gasteiger partial charge on any atom is -0.480 e. The summed E-state index contributed by atoms with van der Waals surface area (Å²) in [5.74, 6) is -0.863. The van der Waals surface area contributed by atoms with Crippen LogP contribution in [0.1, 0.15) is 29.8 Å². The Bertz CT molecular complexity index is 470. The van der Waals surface area contributed by atoms with Crippen LogP contribution in [0.4, 0.5) is 0 Å². The first kappa shape index (κ1) is 13.3. The molecule has 7 heteroatoms. The molecule has 0 spiro atoms. The summed E-state index contributed by atoms with van der Waals surface area (Å²) in [5, 5.41) is 18.9. The molecule has 7 nitrogen and oxygen atoms in total. The van der Waals surface area contributed by atoms with Crippen LogP contribution < -0.4 is 10.1 Å². The second-order valence-electron chi connectivity index (χ2n) is 4.50. The lowest BCUT2D eigenvalue weighted by atomic mass is 10.1. The lowest BCUT2D eigenvalue weighted by Crippen LogP contribution is -2.41. The van der Waals surface area contributed by atoms with Crippen LogP contribution >= 0.6 is 0 Å². The summed E-state index contributed by atoms with van der Waals surface area (Å²) in [6.45, 7) is 0. The van der Waals surface area contributed by atoms with E-state index in [4.69, 9.17) is 9.84 Å². The van der Waals surface area contributed by atoms with Crippen molar-refractivity contribution in [2.45, 2.75) is 25.3 Å². The van der Waals surface area contributed by atoms with Gasteiger partial charge in [0.25, 0.3) is 5.91 Å². The third-order valence-electron chi connectivity index (χ3n) is 2.95. The molecule has 1 heterocycles. The number of hydrogen-bond donors (Lipinski definition) is 2. The van der Waals surface area contributed by atoms with Crippen molar-refractivity contribution in [2.75, 3.05) is 7.11 Å². The standard InChI is InChI=1S/C12H15N3O4/c1-19-10-5-4-8(14-15-10)11(16)13-9(12(17)18)6-7-2-3-7/h4-5,7,9H,2-3,6H2,1H3,(H,13,16)(H,17,18). The van der Waals surface area contributed by atoms with Crippen molar-refractivity contribution in [3.8, 4) is 5.88 Å². The van der Waals surface area contributed by atoms with Crippen LogP contribution in [0.25, 0.3) is 0 Å². The summed E-state index contributed by atoms with van der Waals surface area (Å²) in [5.41, 5.74) is 0.0721. The molecule has 1 fully saturated rings. The fourth-order valence-electron chi connectivity index (χ4n) is 1.69. The van der Waals surface area contributed by atoms with Crippen LogP contribution in [0.5, 0.6) is 5.88 Å². The van der Waals surface area contributed by atoms with Crippen LogP contribution in [0.3, 0.4) is 0 Å². The molecule has 2 N–H and O–H groups in total. The van der Waals surface area contributed by atoms with Gasteiger partial charge in [-0.3, -0.25) is 4.79 Å². The van der Waals surface area contributed by atoms with E-state index < -0.39 is 17.9 Å². The number of aromatic nitrogens is 2. The van der Waals surface area contributed by atoms with Gasteiger partial charge in [-0.15, -0.1) is 10.2 Å². The molecule has 0 radical (unpaired) electrons. The number of carbonyl (C=O) groups is 2. The number of carboxylic acid groups (broad SMARTS) is 1. The van der Waals surface area contributed by atoms with E-state index in [9.17, 15) is 9.59 Å². The Labute approximate surface area is 110 Å². The maximum atomic E-state index is 11.8. The molecule has 2 rings (SSSR count). The first-order valence-corrected chi connectivity index (χ1v) is 6.01. The quantitative estimate of drug-likeness (QED) is 0.775. The number of aliphatic carboxylic acids is 1. The van der Waals surface area contributed by atoms with Crippen LogP contribution in [-0.2, 0) is 4.79 Å². The van der Waals surface area contributed by atoms with Crippen LogP contribution in [-0.4, -0.2) is 40.3 Å². The number of carboxylic acids is 1. The summed E-state index contributed by atoms with van der Waals surface area (Å²) in [4.78, 5) is 22.9. The zero-order valence-electron chi connectivity index (χ0n) is 10.5. The fourth-order valence-corrected chi connectivity index (χ4v) is 1.69. The third kappa shape index (κ3) is 3.64. The average Bonchev–Trinajstić information content (AvgIpc) is 3.22. The topological polar surface area (TPSA) is 101 Å². The van der Waals surface area contributed by atoms with Gasteiger partial charge in [0.05, 0.1) is 7.11 Å². The average molecular weight is 265 g/mol. The van der Waals surface area contributed by atoms with Gasteiger partial charge in [-0.1, -0.05) is 12.8 Å². The number of nitrogens with zero attached hydrogens (tertiary/aromatic N) is 2. The van der Waals surface area contributed by atoms with Crippen molar-refractivity contribution in [1.82, 2.24) is 15.5 Å². The van der Waals surface area contributed by atoms with Gasteiger partial charge in [0.1, 0.15) is 6.04 Å². The van der Waals surface area contributed by atoms with E-state index in [-0.39, 0.29) is 5.69 Å². The van der Waals surface area contributed by atoms with Gasteiger partial charge in [-0.2, -0.15) is 0 Å². The monoisotopic (exact) mass is 265 g/mol. The molecule has 0 saturated heterocycles. The van der Waals surface area contributed by atoms with Gasteiger partial charge in [-0.25, -0.2) is 4.79 Å². The molecule has 0 bridgehead atoms. The number of carbonyl (C=O) groups excluding carboxylic acids is 1. The van der Waals surface area contributed by atoms with Crippen molar-refractivity contribution >= 4 is 11.9 Å². The highest BCUT2D eigenvalue weighted by atomic mass is 16.5. The number of nitrogens with one attached hydrogen (secondary N) is 1. The second kappa shape index (κ2) is 5.64. The van der Waals surface area contributed by atoms with Gasteiger partial charge in [0.15, 0.2) is 5.69 Å². The highest BCUT2D eigenvalue weighted by molar-refractivity contribution is 5.94. The van der Waals surface area contributed by atoms with Crippen LogP contribution in [0, 0.1) is 5.92 Å². The Morgan fingerprint density at radius 2 is 2.21 bits per heavy atom. The number of rotatable bonds is 6. The number of ether oxygens (including phenoxy) is 1. The second-order valence-corrected chi connectivity index (χ2v) is 4.50. The highest BCUT2D eigenvalue weighted by Gasteiger charge is 2.30. The van der Waals surface area contributed by atoms with E-state index >= 15 is 0 Å². The summed E-state index contributed by atoms with van der Waals surface area (Å²) < 4.78 is 4.83. The molecule has 1 saturated carbocycles. The van der Waals surface area contributed by atoms with Gasteiger partial charge >= 0.3 is 5.97 Å². The molecule has 1 atom stereocenters. The first-order chi connectivity index (χ1) is 9.10. The predicted molar refractivity (Wildman–Crippen MR) is 64.8 cm³/mol. The SMILES string of the molecule is COc1ccc(C(=O)NC(CC2CC2)C(=O)O)nn1. The number of hydrogen-bond acceptors (Lipinski definition) is 5. The molecular weight excluding hydrogens is 250 g/mol. The highest BCUT2D eigenvalue weighted by Crippen LogP contribution is 2.33. The third-order valence-corrected chi connectivity index (χ3v) is 2.95. The van der Waals surface area contributed by atoms with Crippen molar-refractivity contribution in [1.29, 1.82) is 0 Å². The van der Waals surface area contributed by atoms with Gasteiger partial charge in [-0.05, 0) is 18.4 Å². The maximum absolute atomic E-state index is 11.8. The molecule has 19 heavy (non-hydrogen) atoms. The molecule has 1 amide bonds. The largest absolute Gasteiger partial charge is 0.480 e. The van der Waals surface area contributed by atoms with Crippen molar-refractivity contribution in [2.24, 2.45) is 5.92 Å². The van der Waals surface area contributed by atoms with E-state index in [2.05, 4.69) is 15.5 Å². The molecule has 1 unspecified atom stereocenters. The van der Waals surface area contributed by atoms with E-state index in [1.54, 1.807) is 0 Å². The van der Waals surface area contributed by atoms with Gasteiger partial charge < -0.3 is 15.2 Å². The van der Waals surface area contributed by atoms with Crippen molar-refractivity contribution in [3.63, 3.8) is 0 Å². The number of amides is 1. The van der Waals surface area contributed by atoms with Gasteiger partial charge in [0, 0.05) is 6.07 Å². The minimum atomic E-state index is -1.03. The molecule has 0 aromatic carbocycles. The number of methoxy groups -OCH3 is 1. The molecule has 1 aromatic heterocycles. The first-order valence-electron chi connectivity index (χ1n) is 6.01. The zero-order chi connectivity index (χ0) is 13.8. The van der Waals surface area contributed by atoms with E-state index in [1.807, 2.05) is 0 Å². The summed E-state index contributed by atoms with van der Waals surface area (Å²) in [6, 6.07) is 2.07. The zero-order valence-corrected chi connectivity index (χ0v) is 10.5. The molecular formula is C12H15N3O4. The fraction of sp³-hybridized carbons (Fsp3) is 0.500. The molecule has 102 valence electrons.